The molecular formula is C16H26N2O. The molecule has 1 fully saturated rings. The van der Waals surface area contributed by atoms with Crippen LogP contribution < -0.4 is 5.32 Å². The Morgan fingerprint density at radius 3 is 2.68 bits per heavy atom. The fourth-order valence-corrected chi connectivity index (χ4v) is 2.66. The van der Waals surface area contributed by atoms with Gasteiger partial charge in [0.05, 0.1) is 0 Å². The maximum Gasteiger partial charge on any atom is 0.0480 e. The molecule has 1 unspecified atom stereocenters. The van der Waals surface area contributed by atoms with Gasteiger partial charge in [0.1, 0.15) is 0 Å². The van der Waals surface area contributed by atoms with Crippen LogP contribution in [-0.2, 0) is 4.74 Å². The van der Waals surface area contributed by atoms with Gasteiger partial charge in [0.2, 0.25) is 0 Å². The molecule has 1 saturated heterocycles. The number of benzene rings is 1. The van der Waals surface area contributed by atoms with Crippen molar-refractivity contribution in [3.63, 3.8) is 0 Å². The summed E-state index contributed by atoms with van der Waals surface area (Å²) in [4.78, 5) is 2.29. The molecule has 0 amide bonds. The van der Waals surface area contributed by atoms with Crippen molar-refractivity contribution in [1.82, 2.24) is 10.2 Å². The Morgan fingerprint density at radius 1 is 1.32 bits per heavy atom. The van der Waals surface area contributed by atoms with Crippen LogP contribution in [-0.4, -0.2) is 44.8 Å². The molecule has 106 valence electrons. The summed E-state index contributed by atoms with van der Waals surface area (Å²) in [6, 6.07) is 9.86. The summed E-state index contributed by atoms with van der Waals surface area (Å²) in [7, 11) is 4.30. The van der Waals surface area contributed by atoms with Crippen LogP contribution in [0.4, 0.5) is 0 Å². The number of hydrogen-bond acceptors (Lipinski definition) is 3. The van der Waals surface area contributed by atoms with Gasteiger partial charge in [0.25, 0.3) is 0 Å². The highest BCUT2D eigenvalue weighted by molar-refractivity contribution is 5.25. The van der Waals surface area contributed by atoms with Gasteiger partial charge in [-0.3, -0.25) is 0 Å². The molecule has 3 heteroatoms. The van der Waals surface area contributed by atoms with E-state index in [-0.39, 0.29) is 0 Å². The van der Waals surface area contributed by atoms with Gasteiger partial charge in [-0.05, 0) is 39.4 Å². The molecule has 1 atom stereocenters. The second-order valence-electron chi connectivity index (χ2n) is 5.69. The molecule has 3 nitrogen and oxygen atoms in total. The van der Waals surface area contributed by atoms with Crippen LogP contribution in [0.1, 0.15) is 30.0 Å². The molecule has 2 rings (SSSR count). The van der Waals surface area contributed by atoms with Gasteiger partial charge in [-0.15, -0.1) is 0 Å². The molecule has 1 aliphatic rings. The fourth-order valence-electron chi connectivity index (χ4n) is 2.66. The van der Waals surface area contributed by atoms with Gasteiger partial charge in [0.15, 0.2) is 0 Å². The first-order valence-electron chi connectivity index (χ1n) is 7.21. The average molecular weight is 262 g/mol. The minimum atomic E-state index is 0.433. The first-order chi connectivity index (χ1) is 9.16. The van der Waals surface area contributed by atoms with Crippen molar-refractivity contribution >= 4 is 0 Å². The molecule has 1 aromatic carbocycles. The molecular weight excluding hydrogens is 236 g/mol. The number of nitrogens with zero attached hydrogens (tertiary/aromatic N) is 1. The molecule has 1 aliphatic heterocycles. The van der Waals surface area contributed by atoms with Crippen molar-refractivity contribution in [1.29, 1.82) is 0 Å². The third-order valence-corrected chi connectivity index (χ3v) is 3.87. The smallest absolute Gasteiger partial charge is 0.0480 e. The Balaban J connectivity index is 1.96. The molecule has 0 saturated carbocycles. The number of likely N-dealkylation sites (N-methyl/N-ethyl adjacent to an activating group) is 1. The molecule has 0 aliphatic carbocycles. The van der Waals surface area contributed by atoms with Crippen molar-refractivity contribution in [2.24, 2.45) is 0 Å². The lowest BCUT2D eigenvalue weighted by Crippen LogP contribution is -2.40. The zero-order valence-corrected chi connectivity index (χ0v) is 12.4. The first kappa shape index (κ1) is 14.5. The van der Waals surface area contributed by atoms with Gasteiger partial charge in [-0.25, -0.2) is 0 Å². The van der Waals surface area contributed by atoms with E-state index < -0.39 is 0 Å². The maximum absolute atomic E-state index is 5.40. The largest absolute Gasteiger partial charge is 0.381 e. The van der Waals surface area contributed by atoms with Crippen molar-refractivity contribution in [2.75, 3.05) is 33.9 Å². The van der Waals surface area contributed by atoms with Gasteiger partial charge >= 0.3 is 0 Å². The van der Waals surface area contributed by atoms with Crippen LogP contribution >= 0.6 is 0 Å². The molecule has 1 N–H and O–H groups in total. The Kier molecular flexibility index (Phi) is 5.37. The molecule has 1 aromatic rings. The third-order valence-electron chi connectivity index (χ3n) is 3.87. The first-order valence-corrected chi connectivity index (χ1v) is 7.21. The molecule has 0 bridgehead atoms. The average Bonchev–Trinajstić information content (AvgIpc) is 2.40. The summed E-state index contributed by atoms with van der Waals surface area (Å²) in [6.07, 6.45) is 2.27. The normalized spacial score (nSPS) is 18.7. The van der Waals surface area contributed by atoms with Gasteiger partial charge in [-0.2, -0.15) is 0 Å². The Labute approximate surface area is 116 Å². The predicted molar refractivity (Wildman–Crippen MR) is 79.5 cm³/mol. The van der Waals surface area contributed by atoms with E-state index in [2.05, 4.69) is 55.5 Å². The quantitative estimate of drug-likeness (QED) is 0.881. The van der Waals surface area contributed by atoms with E-state index >= 15 is 0 Å². The summed E-state index contributed by atoms with van der Waals surface area (Å²) in [5, 5.41) is 3.70. The second kappa shape index (κ2) is 7.04. The fraction of sp³-hybridized carbons (Fsp3) is 0.625. The van der Waals surface area contributed by atoms with Gasteiger partial charge < -0.3 is 15.0 Å². The van der Waals surface area contributed by atoms with E-state index in [9.17, 15) is 0 Å². The monoisotopic (exact) mass is 262 g/mol. The van der Waals surface area contributed by atoms with E-state index in [0.29, 0.717) is 12.1 Å². The summed E-state index contributed by atoms with van der Waals surface area (Å²) in [6.45, 7) is 4.95. The van der Waals surface area contributed by atoms with E-state index in [1.54, 1.807) is 0 Å². The molecule has 1 heterocycles. The van der Waals surface area contributed by atoms with Crippen LogP contribution in [0.5, 0.6) is 0 Å². The van der Waals surface area contributed by atoms with Crippen LogP contribution in [0.15, 0.2) is 24.3 Å². The summed E-state index contributed by atoms with van der Waals surface area (Å²) in [5.41, 5.74) is 2.72. The zero-order valence-electron chi connectivity index (χ0n) is 12.4. The minimum absolute atomic E-state index is 0.433. The highest BCUT2D eigenvalue weighted by atomic mass is 16.5. The van der Waals surface area contributed by atoms with Crippen molar-refractivity contribution in [3.8, 4) is 0 Å². The lowest BCUT2D eigenvalue weighted by molar-refractivity contribution is 0.0760. The number of rotatable bonds is 5. The van der Waals surface area contributed by atoms with Gasteiger partial charge in [0, 0.05) is 31.8 Å². The summed E-state index contributed by atoms with van der Waals surface area (Å²) in [5.74, 6) is 0. The Hall–Kier alpha value is -0.900. The molecule has 19 heavy (non-hydrogen) atoms. The van der Waals surface area contributed by atoms with Crippen molar-refractivity contribution in [3.05, 3.63) is 35.4 Å². The van der Waals surface area contributed by atoms with Crippen LogP contribution in [0.2, 0.25) is 0 Å². The van der Waals surface area contributed by atoms with E-state index in [0.717, 1.165) is 32.6 Å². The third kappa shape index (κ3) is 4.30. The molecule has 0 radical (unpaired) electrons. The van der Waals surface area contributed by atoms with Crippen molar-refractivity contribution < 1.29 is 4.74 Å². The second-order valence-corrected chi connectivity index (χ2v) is 5.69. The number of ether oxygens (including phenoxy) is 1. The minimum Gasteiger partial charge on any atom is -0.381 e. The van der Waals surface area contributed by atoms with E-state index in [4.69, 9.17) is 4.74 Å². The summed E-state index contributed by atoms with van der Waals surface area (Å²) < 4.78 is 5.40. The topological polar surface area (TPSA) is 24.5 Å². The highest BCUT2D eigenvalue weighted by Gasteiger charge is 2.18. The maximum atomic E-state index is 5.40. The Bertz CT molecular complexity index is 386. The SMILES string of the molecule is Cc1cccc(C(CNC2CCOCC2)N(C)C)c1. The zero-order chi connectivity index (χ0) is 13.7. The lowest BCUT2D eigenvalue weighted by atomic mass is 10.0. The van der Waals surface area contributed by atoms with E-state index in [1.807, 2.05) is 0 Å². The van der Waals surface area contributed by atoms with E-state index in [1.165, 1.54) is 11.1 Å². The number of hydrogen-bond donors (Lipinski definition) is 1. The van der Waals surface area contributed by atoms with Crippen LogP contribution in [0.25, 0.3) is 0 Å². The lowest BCUT2D eigenvalue weighted by Gasteiger charge is -2.29. The predicted octanol–water partition coefficient (Wildman–Crippen LogP) is 2.37. The summed E-state index contributed by atoms with van der Waals surface area (Å²) >= 11 is 0. The van der Waals surface area contributed by atoms with Gasteiger partial charge in [-0.1, -0.05) is 29.8 Å². The van der Waals surface area contributed by atoms with Crippen molar-refractivity contribution in [2.45, 2.75) is 31.8 Å². The molecule has 0 aromatic heterocycles. The van der Waals surface area contributed by atoms with Crippen LogP contribution in [0.3, 0.4) is 0 Å². The standard InChI is InChI=1S/C16H26N2O/c1-13-5-4-6-14(11-13)16(18(2)3)12-17-15-7-9-19-10-8-15/h4-6,11,15-17H,7-10,12H2,1-3H3. The number of aryl methyl sites for hydroxylation is 1. The highest BCUT2D eigenvalue weighted by Crippen LogP contribution is 2.19. The Morgan fingerprint density at radius 2 is 2.05 bits per heavy atom. The van der Waals surface area contributed by atoms with Crippen LogP contribution in [0, 0.1) is 6.92 Å². The molecule has 0 spiro atoms. The number of nitrogens with one attached hydrogen (secondary N) is 1.